The molecule has 0 spiro atoms. The Morgan fingerprint density at radius 3 is 1.26 bits per heavy atom. The Bertz CT molecular complexity index is 2540. The van der Waals surface area contributed by atoms with Crippen molar-refractivity contribution in [1.29, 1.82) is 0 Å². The topological polar surface area (TPSA) is 3.24 Å². The van der Waals surface area contributed by atoms with Gasteiger partial charge < -0.3 is 4.90 Å². The fourth-order valence-electron chi connectivity index (χ4n) is 7.47. The average molecular weight is 676 g/mol. The number of nitrogens with zero attached hydrogens (tertiary/aromatic N) is 1. The molecule has 0 atom stereocenters. The molecule has 0 radical (unpaired) electrons. The van der Waals surface area contributed by atoms with Crippen molar-refractivity contribution in [3.05, 3.63) is 224 Å². The molecule has 9 rings (SSSR count). The molecule has 0 aliphatic carbocycles. The summed E-state index contributed by atoms with van der Waals surface area (Å²) in [7, 11) is 0. The van der Waals surface area contributed by atoms with Gasteiger partial charge >= 0.3 is 0 Å². The van der Waals surface area contributed by atoms with E-state index in [0.717, 1.165) is 17.1 Å². The van der Waals surface area contributed by atoms with E-state index < -0.39 is 0 Å². The summed E-state index contributed by atoms with van der Waals surface area (Å²) in [4.78, 5) is 2.42. The van der Waals surface area contributed by atoms with E-state index in [1.54, 1.807) is 0 Å². The zero-order valence-corrected chi connectivity index (χ0v) is 29.3. The summed E-state index contributed by atoms with van der Waals surface area (Å²) in [6, 6.07) is 80.9. The number of hydrogen-bond acceptors (Lipinski definition) is 1. The lowest BCUT2D eigenvalue weighted by molar-refractivity contribution is 1.28. The molecule has 0 bridgehead atoms. The molecular formula is C52H37N. The molecule has 9 aromatic carbocycles. The lowest BCUT2D eigenvalue weighted by atomic mass is 9.87. The van der Waals surface area contributed by atoms with E-state index in [0.29, 0.717) is 0 Å². The van der Waals surface area contributed by atoms with Crippen molar-refractivity contribution in [3.63, 3.8) is 0 Å². The molecule has 0 saturated heterocycles. The van der Waals surface area contributed by atoms with Crippen LogP contribution in [-0.4, -0.2) is 0 Å². The lowest BCUT2D eigenvalue weighted by Gasteiger charge is -2.30. The van der Waals surface area contributed by atoms with Gasteiger partial charge in [0, 0.05) is 16.9 Å². The monoisotopic (exact) mass is 675 g/mol. The van der Waals surface area contributed by atoms with E-state index in [4.69, 9.17) is 0 Å². The number of anilines is 3. The molecule has 250 valence electrons. The molecule has 0 unspecified atom stereocenters. The van der Waals surface area contributed by atoms with Crippen molar-refractivity contribution in [2.75, 3.05) is 4.90 Å². The zero-order valence-electron chi connectivity index (χ0n) is 29.3. The first-order valence-electron chi connectivity index (χ1n) is 18.2. The van der Waals surface area contributed by atoms with E-state index in [-0.39, 0.29) is 0 Å². The van der Waals surface area contributed by atoms with E-state index in [1.165, 1.54) is 66.4 Å². The highest BCUT2D eigenvalue weighted by Gasteiger charge is 2.23. The van der Waals surface area contributed by atoms with Crippen molar-refractivity contribution in [2.24, 2.45) is 0 Å². The Morgan fingerprint density at radius 2 is 0.679 bits per heavy atom. The van der Waals surface area contributed by atoms with Crippen molar-refractivity contribution in [1.82, 2.24) is 0 Å². The third-order valence-electron chi connectivity index (χ3n) is 10.1. The fraction of sp³-hybridized carbons (Fsp3) is 0. The maximum absolute atomic E-state index is 2.42. The Hall–Kier alpha value is -6.96. The van der Waals surface area contributed by atoms with Crippen LogP contribution in [0.15, 0.2) is 224 Å². The van der Waals surface area contributed by atoms with Gasteiger partial charge in [-0.25, -0.2) is 0 Å². The number of fused-ring (bicyclic) bond motifs is 1. The van der Waals surface area contributed by atoms with Crippen LogP contribution in [0, 0.1) is 0 Å². The first kappa shape index (κ1) is 32.0. The summed E-state index contributed by atoms with van der Waals surface area (Å²) in [6.45, 7) is 0. The van der Waals surface area contributed by atoms with E-state index in [1.807, 2.05) is 0 Å². The van der Waals surface area contributed by atoms with Crippen LogP contribution in [0.4, 0.5) is 17.1 Å². The van der Waals surface area contributed by atoms with Gasteiger partial charge in [0.25, 0.3) is 0 Å². The number of benzene rings is 9. The second-order valence-electron chi connectivity index (χ2n) is 13.3. The van der Waals surface area contributed by atoms with Gasteiger partial charge in [0.2, 0.25) is 0 Å². The Kier molecular flexibility index (Phi) is 8.66. The molecule has 0 fully saturated rings. The van der Waals surface area contributed by atoms with Crippen molar-refractivity contribution < 1.29 is 0 Å². The van der Waals surface area contributed by atoms with Crippen LogP contribution in [0.25, 0.3) is 66.4 Å². The molecule has 53 heavy (non-hydrogen) atoms. The van der Waals surface area contributed by atoms with Gasteiger partial charge in [0.05, 0.1) is 5.69 Å². The first-order chi connectivity index (χ1) is 26.3. The van der Waals surface area contributed by atoms with Crippen molar-refractivity contribution >= 4 is 27.8 Å². The molecule has 9 aromatic rings. The smallest absolute Gasteiger partial charge is 0.0546 e. The summed E-state index contributed by atoms with van der Waals surface area (Å²) in [6.07, 6.45) is 0. The summed E-state index contributed by atoms with van der Waals surface area (Å²) < 4.78 is 0. The molecule has 1 heteroatoms. The van der Waals surface area contributed by atoms with Crippen LogP contribution >= 0.6 is 0 Å². The van der Waals surface area contributed by atoms with E-state index >= 15 is 0 Å². The van der Waals surface area contributed by atoms with E-state index in [2.05, 4.69) is 229 Å². The van der Waals surface area contributed by atoms with Crippen LogP contribution in [0.1, 0.15) is 0 Å². The quantitative estimate of drug-likeness (QED) is 0.155. The highest BCUT2D eigenvalue weighted by Crippen LogP contribution is 2.48. The summed E-state index contributed by atoms with van der Waals surface area (Å²) in [5, 5.41) is 2.46. The number of rotatable bonds is 8. The summed E-state index contributed by atoms with van der Waals surface area (Å²) in [5.41, 5.74) is 15.2. The SMILES string of the molecule is c1ccc(-c2ccc(N(c3ccc(-c4ccccc4)cc3)c3cccc(-c4ccc5ccccc5c4)c3-c3ccccc3-c3ccccc3)cc2)cc1. The minimum atomic E-state index is 1.09. The van der Waals surface area contributed by atoms with E-state index in [9.17, 15) is 0 Å². The van der Waals surface area contributed by atoms with Gasteiger partial charge in [-0.05, 0) is 97.2 Å². The zero-order chi connectivity index (χ0) is 35.4. The largest absolute Gasteiger partial charge is 0.310 e. The third kappa shape index (κ3) is 6.42. The molecule has 0 aliphatic heterocycles. The molecule has 0 N–H and O–H groups in total. The van der Waals surface area contributed by atoms with Crippen molar-refractivity contribution in [3.8, 4) is 55.6 Å². The molecule has 0 aromatic heterocycles. The number of hydrogen-bond donors (Lipinski definition) is 0. The molecular weight excluding hydrogens is 639 g/mol. The van der Waals surface area contributed by atoms with Crippen molar-refractivity contribution in [2.45, 2.75) is 0 Å². The second-order valence-corrected chi connectivity index (χ2v) is 13.3. The standard InChI is InChI=1S/C52H37N/c1-4-15-38(16-5-1)41-29-33-46(34-30-41)53(47-35-31-42(32-36-47)39-17-6-2-7-18-39)51-26-14-25-49(45-28-27-40-19-10-11-22-44(40)37-45)52(51)50-24-13-12-23-48(50)43-20-8-3-9-21-43/h1-37H. The Morgan fingerprint density at radius 1 is 0.245 bits per heavy atom. The molecule has 1 nitrogen and oxygen atoms in total. The molecule has 0 amide bonds. The van der Waals surface area contributed by atoms with Crippen LogP contribution in [-0.2, 0) is 0 Å². The Labute approximate surface area is 311 Å². The minimum absolute atomic E-state index is 1.09. The van der Waals surface area contributed by atoms with Gasteiger partial charge in [0.15, 0.2) is 0 Å². The third-order valence-corrected chi connectivity index (χ3v) is 10.1. The van der Waals surface area contributed by atoms with Crippen LogP contribution < -0.4 is 4.90 Å². The molecule has 0 aliphatic rings. The van der Waals surface area contributed by atoms with Crippen LogP contribution in [0.3, 0.4) is 0 Å². The van der Waals surface area contributed by atoms with Gasteiger partial charge in [-0.2, -0.15) is 0 Å². The average Bonchev–Trinajstić information content (AvgIpc) is 3.25. The lowest BCUT2D eigenvalue weighted by Crippen LogP contribution is -2.12. The predicted molar refractivity (Wildman–Crippen MR) is 226 cm³/mol. The van der Waals surface area contributed by atoms with Crippen LogP contribution in [0.2, 0.25) is 0 Å². The van der Waals surface area contributed by atoms with Gasteiger partial charge in [-0.15, -0.1) is 0 Å². The maximum Gasteiger partial charge on any atom is 0.0546 e. The predicted octanol–water partition coefficient (Wildman–Crippen LogP) is 14.6. The summed E-state index contributed by atoms with van der Waals surface area (Å²) in [5.74, 6) is 0. The highest BCUT2D eigenvalue weighted by molar-refractivity contribution is 6.02. The van der Waals surface area contributed by atoms with Crippen LogP contribution in [0.5, 0.6) is 0 Å². The minimum Gasteiger partial charge on any atom is -0.310 e. The van der Waals surface area contributed by atoms with Gasteiger partial charge in [0.1, 0.15) is 0 Å². The van der Waals surface area contributed by atoms with Gasteiger partial charge in [-0.1, -0.05) is 188 Å². The second kappa shape index (κ2) is 14.3. The summed E-state index contributed by atoms with van der Waals surface area (Å²) >= 11 is 0. The molecule has 0 saturated carbocycles. The molecule has 0 heterocycles. The Balaban J connectivity index is 1.30. The maximum atomic E-state index is 2.42. The first-order valence-corrected chi connectivity index (χ1v) is 18.2. The fourth-order valence-corrected chi connectivity index (χ4v) is 7.47. The normalized spacial score (nSPS) is 11.0. The highest BCUT2D eigenvalue weighted by atomic mass is 15.1. The van der Waals surface area contributed by atoms with Gasteiger partial charge in [-0.3, -0.25) is 0 Å².